The summed E-state index contributed by atoms with van der Waals surface area (Å²) in [6, 6.07) is 4.55. The van der Waals surface area contributed by atoms with E-state index in [4.69, 9.17) is 9.47 Å². The molecular formula is C16H21F3N2O3. The van der Waals surface area contributed by atoms with E-state index in [0.717, 1.165) is 6.07 Å². The van der Waals surface area contributed by atoms with Crippen LogP contribution in [0.25, 0.3) is 0 Å². The van der Waals surface area contributed by atoms with Crippen LogP contribution in [0.15, 0.2) is 24.3 Å². The first-order valence-electron chi connectivity index (χ1n) is 7.76. The van der Waals surface area contributed by atoms with E-state index in [2.05, 4.69) is 10.6 Å². The molecule has 1 heterocycles. The Morgan fingerprint density at radius 2 is 2.21 bits per heavy atom. The quantitative estimate of drug-likeness (QED) is 0.827. The molecule has 1 amide bonds. The highest BCUT2D eigenvalue weighted by Gasteiger charge is 2.34. The molecule has 2 rings (SSSR count). The van der Waals surface area contributed by atoms with Crippen molar-refractivity contribution < 1.29 is 27.4 Å². The lowest BCUT2D eigenvalue weighted by atomic mass is 10.2. The second-order valence-corrected chi connectivity index (χ2v) is 5.70. The van der Waals surface area contributed by atoms with E-state index in [1.807, 2.05) is 0 Å². The second kappa shape index (κ2) is 8.34. The van der Waals surface area contributed by atoms with E-state index in [9.17, 15) is 18.0 Å². The second-order valence-electron chi connectivity index (χ2n) is 5.70. The molecule has 0 aliphatic carbocycles. The maximum Gasteiger partial charge on any atom is 0.419 e. The van der Waals surface area contributed by atoms with Gasteiger partial charge in [-0.1, -0.05) is 12.1 Å². The Balaban J connectivity index is 1.80. The van der Waals surface area contributed by atoms with Crippen molar-refractivity contribution >= 4 is 5.91 Å². The molecule has 8 heteroatoms. The fourth-order valence-electron chi connectivity index (χ4n) is 2.39. The number of halogens is 3. The van der Waals surface area contributed by atoms with Crippen LogP contribution in [0.1, 0.15) is 18.9 Å². The zero-order valence-electron chi connectivity index (χ0n) is 13.4. The molecule has 2 atom stereocenters. The average molecular weight is 346 g/mol. The molecule has 0 bridgehead atoms. The maximum absolute atomic E-state index is 12.9. The van der Waals surface area contributed by atoms with Gasteiger partial charge in [-0.3, -0.25) is 4.79 Å². The molecule has 0 saturated carbocycles. The first kappa shape index (κ1) is 18.5. The first-order chi connectivity index (χ1) is 11.4. The average Bonchev–Trinajstić information content (AvgIpc) is 2.53. The highest BCUT2D eigenvalue weighted by molar-refractivity contribution is 5.76. The lowest BCUT2D eigenvalue weighted by Crippen LogP contribution is -2.46. The van der Waals surface area contributed by atoms with Gasteiger partial charge in [-0.05, 0) is 19.1 Å². The molecule has 1 aliphatic rings. The Hall–Kier alpha value is -1.80. The van der Waals surface area contributed by atoms with Crippen molar-refractivity contribution in [1.29, 1.82) is 0 Å². The number of ether oxygens (including phenoxy) is 2. The smallest absolute Gasteiger partial charge is 0.419 e. The normalized spacial score (nSPS) is 19.6. The summed E-state index contributed by atoms with van der Waals surface area (Å²) in [6.45, 7) is 3.43. The molecular weight excluding hydrogens is 325 g/mol. The third kappa shape index (κ3) is 5.68. The fraction of sp³-hybridized carbons (Fsp3) is 0.562. The molecule has 2 unspecified atom stereocenters. The van der Waals surface area contributed by atoms with Crippen LogP contribution >= 0.6 is 0 Å². The highest BCUT2D eigenvalue weighted by Crippen LogP contribution is 2.35. The third-order valence-electron chi connectivity index (χ3n) is 3.52. The van der Waals surface area contributed by atoms with E-state index in [-0.39, 0.29) is 30.7 Å². The summed E-state index contributed by atoms with van der Waals surface area (Å²) in [5.41, 5.74) is -0.827. The summed E-state index contributed by atoms with van der Waals surface area (Å²) in [5.74, 6) is -0.438. The van der Waals surface area contributed by atoms with Crippen molar-refractivity contribution in [2.75, 3.05) is 26.4 Å². The van der Waals surface area contributed by atoms with Gasteiger partial charge in [0.05, 0.1) is 24.8 Å². The molecule has 1 fully saturated rings. The Labute approximate surface area is 138 Å². The van der Waals surface area contributed by atoms with E-state index in [1.54, 1.807) is 6.92 Å². The fourth-order valence-corrected chi connectivity index (χ4v) is 2.39. The van der Waals surface area contributed by atoms with Gasteiger partial charge >= 0.3 is 6.18 Å². The number of nitrogens with one attached hydrogen (secondary N) is 2. The third-order valence-corrected chi connectivity index (χ3v) is 3.52. The summed E-state index contributed by atoms with van der Waals surface area (Å²) in [6.07, 6.45) is -4.22. The topological polar surface area (TPSA) is 59.6 Å². The molecule has 0 spiro atoms. The monoisotopic (exact) mass is 346 g/mol. The number of carbonyl (C=O) groups excluding carboxylic acids is 1. The first-order valence-corrected chi connectivity index (χ1v) is 7.76. The number of hydrogen-bond donors (Lipinski definition) is 2. The summed E-state index contributed by atoms with van der Waals surface area (Å²) < 4.78 is 49.1. The van der Waals surface area contributed by atoms with Gasteiger partial charge in [-0.15, -0.1) is 0 Å². The number of para-hydroxylation sites is 1. The minimum atomic E-state index is -4.48. The molecule has 1 aromatic carbocycles. The molecule has 24 heavy (non-hydrogen) atoms. The van der Waals surface area contributed by atoms with Crippen LogP contribution in [0.2, 0.25) is 0 Å². The van der Waals surface area contributed by atoms with Crippen molar-refractivity contribution in [3.63, 3.8) is 0 Å². The van der Waals surface area contributed by atoms with Crippen molar-refractivity contribution in [1.82, 2.24) is 10.6 Å². The lowest BCUT2D eigenvalue weighted by molar-refractivity contribution is -0.139. The van der Waals surface area contributed by atoms with E-state index in [1.165, 1.54) is 18.2 Å². The zero-order chi connectivity index (χ0) is 17.6. The lowest BCUT2D eigenvalue weighted by Gasteiger charge is -2.24. The standard InChI is InChI=1S/C16H21F3N2O3/c1-11(21-15(22)8-12-10-23-7-6-20-12)9-24-14-5-3-2-4-13(14)16(17,18)19/h2-5,11-12,20H,6-10H2,1H3,(H,21,22). The summed E-state index contributed by atoms with van der Waals surface area (Å²) in [7, 11) is 0. The van der Waals surface area contributed by atoms with Gasteiger partial charge in [0.25, 0.3) is 0 Å². The van der Waals surface area contributed by atoms with Gasteiger partial charge in [0.15, 0.2) is 0 Å². The van der Waals surface area contributed by atoms with E-state index in [0.29, 0.717) is 19.8 Å². The van der Waals surface area contributed by atoms with Gasteiger partial charge in [-0.25, -0.2) is 0 Å². The Morgan fingerprint density at radius 3 is 2.88 bits per heavy atom. The van der Waals surface area contributed by atoms with Crippen LogP contribution in [0.3, 0.4) is 0 Å². The number of rotatable bonds is 6. The Kier molecular flexibility index (Phi) is 6.44. The van der Waals surface area contributed by atoms with Crippen molar-refractivity contribution in [2.24, 2.45) is 0 Å². The van der Waals surface area contributed by atoms with Gasteiger partial charge in [0.1, 0.15) is 12.4 Å². The van der Waals surface area contributed by atoms with Crippen LogP contribution < -0.4 is 15.4 Å². The number of benzene rings is 1. The van der Waals surface area contributed by atoms with Crippen LogP contribution in [-0.2, 0) is 15.7 Å². The maximum atomic E-state index is 12.9. The molecule has 0 radical (unpaired) electrons. The van der Waals surface area contributed by atoms with E-state index >= 15 is 0 Å². The Bertz CT molecular complexity index is 546. The number of hydrogen-bond acceptors (Lipinski definition) is 4. The van der Waals surface area contributed by atoms with Crippen LogP contribution in [0.4, 0.5) is 13.2 Å². The number of amides is 1. The molecule has 0 aromatic heterocycles. The molecule has 134 valence electrons. The van der Waals surface area contributed by atoms with Crippen LogP contribution in [-0.4, -0.2) is 44.4 Å². The largest absolute Gasteiger partial charge is 0.491 e. The molecule has 1 aromatic rings. The van der Waals surface area contributed by atoms with E-state index < -0.39 is 17.8 Å². The molecule has 2 N–H and O–H groups in total. The van der Waals surface area contributed by atoms with Gasteiger partial charge in [0, 0.05) is 19.0 Å². The molecule has 1 aliphatic heterocycles. The highest BCUT2D eigenvalue weighted by atomic mass is 19.4. The van der Waals surface area contributed by atoms with Crippen molar-refractivity contribution in [2.45, 2.75) is 31.6 Å². The summed E-state index contributed by atoms with van der Waals surface area (Å²) >= 11 is 0. The number of carbonyl (C=O) groups is 1. The summed E-state index contributed by atoms with van der Waals surface area (Å²) in [4.78, 5) is 11.9. The predicted molar refractivity (Wildman–Crippen MR) is 81.8 cm³/mol. The van der Waals surface area contributed by atoms with Gasteiger partial charge in [0.2, 0.25) is 5.91 Å². The van der Waals surface area contributed by atoms with Crippen LogP contribution in [0, 0.1) is 0 Å². The number of alkyl halides is 3. The Morgan fingerprint density at radius 1 is 1.46 bits per heavy atom. The minimum Gasteiger partial charge on any atom is -0.491 e. The zero-order valence-corrected chi connectivity index (χ0v) is 13.4. The van der Waals surface area contributed by atoms with Gasteiger partial charge in [-0.2, -0.15) is 13.2 Å². The SMILES string of the molecule is CC(COc1ccccc1C(F)(F)F)NC(=O)CC1COCCN1. The summed E-state index contributed by atoms with van der Waals surface area (Å²) in [5, 5.41) is 5.88. The number of morpholine rings is 1. The predicted octanol–water partition coefficient (Wildman–Crippen LogP) is 1.97. The van der Waals surface area contributed by atoms with Crippen LogP contribution in [0.5, 0.6) is 5.75 Å². The van der Waals surface area contributed by atoms with Crippen molar-refractivity contribution in [3.8, 4) is 5.75 Å². The minimum absolute atomic E-state index is 0.0437. The van der Waals surface area contributed by atoms with Crippen molar-refractivity contribution in [3.05, 3.63) is 29.8 Å². The molecule has 5 nitrogen and oxygen atoms in total. The van der Waals surface area contributed by atoms with Gasteiger partial charge < -0.3 is 20.1 Å². The molecule has 1 saturated heterocycles.